The molecule has 0 radical (unpaired) electrons. The van der Waals surface area contributed by atoms with Gasteiger partial charge in [-0.05, 0) is 47.5 Å². The first kappa shape index (κ1) is 13.7. The fourth-order valence-corrected chi connectivity index (χ4v) is 2.16. The van der Waals surface area contributed by atoms with Gasteiger partial charge in [0.25, 0.3) is 0 Å². The monoisotopic (exact) mass is 348 g/mol. The summed E-state index contributed by atoms with van der Waals surface area (Å²) in [6.45, 7) is 3.60. The van der Waals surface area contributed by atoms with Crippen molar-refractivity contribution in [3.8, 4) is 0 Å². The van der Waals surface area contributed by atoms with Gasteiger partial charge in [-0.3, -0.25) is 4.79 Å². The average molecular weight is 350 g/mol. The number of hydrogen-bond donors (Lipinski definition) is 2. The number of benzene rings is 1. The smallest absolute Gasteiger partial charge is 0.244 e. The normalized spacial score (nSPS) is 14.3. The molecule has 3 nitrogen and oxygen atoms in total. The summed E-state index contributed by atoms with van der Waals surface area (Å²) in [7, 11) is 0. The van der Waals surface area contributed by atoms with Gasteiger partial charge in [-0.15, -0.1) is 0 Å². The molecule has 1 unspecified atom stereocenters. The first-order chi connectivity index (χ1) is 7.36. The molecule has 1 aromatic rings. The standard InChI is InChI=1S/C11H14Br2N2O/c1-3-11(2,14)10(16)15-9-5-4-7(12)6-8(9)13/h4-6H,3,14H2,1-2H3,(H,15,16). The third kappa shape index (κ3) is 3.30. The molecule has 0 aliphatic rings. The first-order valence-corrected chi connectivity index (χ1v) is 6.51. The zero-order valence-electron chi connectivity index (χ0n) is 9.18. The fourth-order valence-electron chi connectivity index (χ4n) is 1.02. The lowest BCUT2D eigenvalue weighted by Crippen LogP contribution is -2.47. The Hall–Kier alpha value is -0.390. The maximum Gasteiger partial charge on any atom is 0.244 e. The van der Waals surface area contributed by atoms with E-state index in [9.17, 15) is 4.79 Å². The second-order valence-corrected chi connectivity index (χ2v) is 5.62. The summed E-state index contributed by atoms with van der Waals surface area (Å²) in [6.07, 6.45) is 0.590. The van der Waals surface area contributed by atoms with Gasteiger partial charge >= 0.3 is 0 Å². The van der Waals surface area contributed by atoms with Crippen molar-refractivity contribution < 1.29 is 4.79 Å². The minimum atomic E-state index is -0.841. The Morgan fingerprint density at radius 1 is 1.50 bits per heavy atom. The van der Waals surface area contributed by atoms with E-state index in [2.05, 4.69) is 37.2 Å². The highest BCUT2D eigenvalue weighted by Gasteiger charge is 2.26. The average Bonchev–Trinajstić information content (AvgIpc) is 2.22. The van der Waals surface area contributed by atoms with Gasteiger partial charge < -0.3 is 11.1 Å². The van der Waals surface area contributed by atoms with Gasteiger partial charge in [-0.2, -0.15) is 0 Å². The van der Waals surface area contributed by atoms with Crippen LogP contribution in [0, 0.1) is 0 Å². The van der Waals surface area contributed by atoms with Crippen LogP contribution in [0.5, 0.6) is 0 Å². The summed E-state index contributed by atoms with van der Waals surface area (Å²) in [5.41, 5.74) is 5.73. The second-order valence-electron chi connectivity index (χ2n) is 3.85. The predicted octanol–water partition coefficient (Wildman–Crippen LogP) is 3.28. The predicted molar refractivity (Wildman–Crippen MR) is 73.4 cm³/mol. The molecular formula is C11H14Br2N2O. The highest BCUT2D eigenvalue weighted by Crippen LogP contribution is 2.26. The molecule has 88 valence electrons. The van der Waals surface area contributed by atoms with E-state index in [-0.39, 0.29) is 5.91 Å². The summed E-state index contributed by atoms with van der Waals surface area (Å²) in [4.78, 5) is 11.8. The molecule has 1 amide bonds. The highest BCUT2D eigenvalue weighted by atomic mass is 79.9. The van der Waals surface area contributed by atoms with Crippen LogP contribution in [0.15, 0.2) is 27.1 Å². The van der Waals surface area contributed by atoms with Crippen molar-refractivity contribution >= 4 is 43.5 Å². The van der Waals surface area contributed by atoms with Gasteiger partial charge in [0.15, 0.2) is 0 Å². The number of carbonyl (C=O) groups excluding carboxylic acids is 1. The van der Waals surface area contributed by atoms with Crippen LogP contribution in [0.1, 0.15) is 20.3 Å². The molecule has 16 heavy (non-hydrogen) atoms. The Bertz CT molecular complexity index is 405. The highest BCUT2D eigenvalue weighted by molar-refractivity contribution is 9.11. The van der Waals surface area contributed by atoms with Crippen molar-refractivity contribution in [3.05, 3.63) is 27.1 Å². The van der Waals surface area contributed by atoms with Crippen LogP contribution < -0.4 is 11.1 Å². The number of nitrogens with one attached hydrogen (secondary N) is 1. The van der Waals surface area contributed by atoms with Crippen LogP contribution in [-0.2, 0) is 4.79 Å². The van der Waals surface area contributed by atoms with Crippen molar-refractivity contribution in [1.82, 2.24) is 0 Å². The Kier molecular flexibility index (Phi) is 4.52. The lowest BCUT2D eigenvalue weighted by Gasteiger charge is -2.21. The van der Waals surface area contributed by atoms with Crippen LogP contribution in [0.25, 0.3) is 0 Å². The van der Waals surface area contributed by atoms with E-state index in [0.717, 1.165) is 14.6 Å². The number of halogens is 2. The quantitative estimate of drug-likeness (QED) is 0.879. The van der Waals surface area contributed by atoms with Crippen molar-refractivity contribution in [1.29, 1.82) is 0 Å². The van der Waals surface area contributed by atoms with Gasteiger partial charge in [0.05, 0.1) is 11.2 Å². The second kappa shape index (κ2) is 5.29. The molecule has 0 aliphatic carbocycles. The summed E-state index contributed by atoms with van der Waals surface area (Å²) < 4.78 is 1.77. The molecule has 0 spiro atoms. The van der Waals surface area contributed by atoms with E-state index < -0.39 is 5.54 Å². The van der Waals surface area contributed by atoms with E-state index in [4.69, 9.17) is 5.73 Å². The van der Waals surface area contributed by atoms with Gasteiger partial charge in [0, 0.05) is 8.95 Å². The van der Waals surface area contributed by atoms with Crippen LogP contribution in [-0.4, -0.2) is 11.4 Å². The molecule has 0 aromatic heterocycles. The molecule has 0 saturated heterocycles. The third-order valence-electron chi connectivity index (χ3n) is 2.43. The summed E-state index contributed by atoms with van der Waals surface area (Å²) >= 11 is 6.73. The van der Waals surface area contributed by atoms with Crippen LogP contribution >= 0.6 is 31.9 Å². The van der Waals surface area contributed by atoms with Crippen molar-refractivity contribution in [2.45, 2.75) is 25.8 Å². The molecule has 5 heteroatoms. The van der Waals surface area contributed by atoms with Gasteiger partial charge in [0.2, 0.25) is 5.91 Å². The van der Waals surface area contributed by atoms with Crippen LogP contribution in [0.4, 0.5) is 5.69 Å². The topological polar surface area (TPSA) is 55.1 Å². The number of hydrogen-bond acceptors (Lipinski definition) is 2. The maximum absolute atomic E-state index is 11.8. The van der Waals surface area contributed by atoms with Crippen molar-refractivity contribution in [2.75, 3.05) is 5.32 Å². The Morgan fingerprint density at radius 2 is 2.12 bits per heavy atom. The number of rotatable bonds is 3. The number of amides is 1. The Labute approximate surface area is 112 Å². The number of carbonyl (C=O) groups is 1. The molecule has 0 bridgehead atoms. The molecule has 3 N–H and O–H groups in total. The fraction of sp³-hybridized carbons (Fsp3) is 0.364. The minimum absolute atomic E-state index is 0.182. The van der Waals surface area contributed by atoms with Gasteiger partial charge in [-0.25, -0.2) is 0 Å². The molecule has 0 saturated carbocycles. The van der Waals surface area contributed by atoms with Crippen LogP contribution in [0.2, 0.25) is 0 Å². The first-order valence-electron chi connectivity index (χ1n) is 4.92. The van der Waals surface area contributed by atoms with E-state index in [0.29, 0.717) is 6.42 Å². The SMILES string of the molecule is CCC(C)(N)C(=O)Nc1ccc(Br)cc1Br. The number of nitrogens with two attached hydrogens (primary N) is 1. The Balaban J connectivity index is 2.85. The van der Waals surface area contributed by atoms with E-state index >= 15 is 0 Å². The molecule has 1 atom stereocenters. The summed E-state index contributed by atoms with van der Waals surface area (Å²) in [6, 6.07) is 5.55. The summed E-state index contributed by atoms with van der Waals surface area (Å²) in [5, 5.41) is 2.80. The zero-order valence-corrected chi connectivity index (χ0v) is 12.4. The lowest BCUT2D eigenvalue weighted by atomic mass is 9.99. The number of anilines is 1. The van der Waals surface area contributed by atoms with Crippen LogP contribution in [0.3, 0.4) is 0 Å². The van der Waals surface area contributed by atoms with E-state index in [1.165, 1.54) is 0 Å². The molecule has 0 fully saturated rings. The third-order valence-corrected chi connectivity index (χ3v) is 3.58. The summed E-state index contributed by atoms with van der Waals surface area (Å²) in [5.74, 6) is -0.182. The zero-order chi connectivity index (χ0) is 12.3. The molecule has 1 rings (SSSR count). The molecule has 0 heterocycles. The van der Waals surface area contributed by atoms with Crippen molar-refractivity contribution in [2.24, 2.45) is 5.73 Å². The maximum atomic E-state index is 11.8. The van der Waals surface area contributed by atoms with Gasteiger partial charge in [0.1, 0.15) is 0 Å². The lowest BCUT2D eigenvalue weighted by molar-refractivity contribution is -0.120. The van der Waals surface area contributed by atoms with Crippen molar-refractivity contribution in [3.63, 3.8) is 0 Å². The molecule has 1 aromatic carbocycles. The van der Waals surface area contributed by atoms with E-state index in [1.54, 1.807) is 6.92 Å². The molecular weight excluding hydrogens is 336 g/mol. The van der Waals surface area contributed by atoms with Gasteiger partial charge in [-0.1, -0.05) is 22.9 Å². The minimum Gasteiger partial charge on any atom is -0.323 e. The molecule has 0 aliphatic heterocycles. The largest absolute Gasteiger partial charge is 0.323 e. The Morgan fingerprint density at radius 3 is 2.62 bits per heavy atom. The van der Waals surface area contributed by atoms with E-state index in [1.807, 2.05) is 25.1 Å².